The molecule has 0 aliphatic heterocycles. The minimum atomic E-state index is -0.581. The van der Waals surface area contributed by atoms with Crippen LogP contribution in [0.2, 0.25) is 0 Å². The summed E-state index contributed by atoms with van der Waals surface area (Å²) in [6.45, 7) is 2.03. The standard InChI is InChI=1S/C22H24FN3O3/c23-19-6-7-21-18(13-19)14-20(24-21)9-10-26(11-12-27)15-17-3-1-16(2-4-17)5-8-22(28)25-29/h1-8,13-14,24,27,29H,9-12,15H2,(H,25,28)/b8-5+. The molecule has 2 aromatic carbocycles. The average molecular weight is 397 g/mol. The predicted octanol–water partition coefficient (Wildman–Crippen LogP) is 2.86. The highest BCUT2D eigenvalue weighted by atomic mass is 19.1. The molecule has 0 atom stereocenters. The van der Waals surface area contributed by atoms with Crippen LogP contribution in [-0.2, 0) is 17.8 Å². The Morgan fingerprint density at radius 2 is 1.93 bits per heavy atom. The van der Waals surface area contributed by atoms with Gasteiger partial charge in [-0.15, -0.1) is 0 Å². The molecule has 4 N–H and O–H groups in total. The summed E-state index contributed by atoms with van der Waals surface area (Å²) < 4.78 is 13.4. The Bertz CT molecular complexity index is 983. The summed E-state index contributed by atoms with van der Waals surface area (Å²) in [7, 11) is 0. The number of nitrogens with one attached hydrogen (secondary N) is 2. The van der Waals surface area contributed by atoms with E-state index in [1.807, 2.05) is 30.3 Å². The third-order valence-corrected chi connectivity index (χ3v) is 4.68. The fraction of sp³-hybridized carbons (Fsp3) is 0.227. The van der Waals surface area contributed by atoms with Crippen LogP contribution in [0.15, 0.2) is 54.6 Å². The van der Waals surface area contributed by atoms with Gasteiger partial charge in [0.25, 0.3) is 5.91 Å². The Morgan fingerprint density at radius 3 is 2.66 bits per heavy atom. The van der Waals surface area contributed by atoms with E-state index in [0.29, 0.717) is 13.1 Å². The molecule has 29 heavy (non-hydrogen) atoms. The van der Waals surface area contributed by atoms with E-state index < -0.39 is 5.91 Å². The maximum atomic E-state index is 13.4. The molecule has 3 aromatic rings. The molecule has 0 fully saturated rings. The zero-order valence-electron chi connectivity index (χ0n) is 15.9. The van der Waals surface area contributed by atoms with E-state index in [9.17, 15) is 14.3 Å². The fourth-order valence-electron chi connectivity index (χ4n) is 3.19. The second-order valence-electron chi connectivity index (χ2n) is 6.83. The monoisotopic (exact) mass is 397 g/mol. The highest BCUT2D eigenvalue weighted by Gasteiger charge is 2.08. The van der Waals surface area contributed by atoms with Crippen molar-refractivity contribution in [2.24, 2.45) is 0 Å². The predicted molar refractivity (Wildman–Crippen MR) is 110 cm³/mol. The van der Waals surface area contributed by atoms with Crippen molar-refractivity contribution in [2.75, 3.05) is 19.7 Å². The van der Waals surface area contributed by atoms with Crippen LogP contribution in [0.25, 0.3) is 17.0 Å². The molecule has 1 amide bonds. The van der Waals surface area contributed by atoms with Gasteiger partial charge in [0.05, 0.1) is 6.61 Å². The lowest BCUT2D eigenvalue weighted by molar-refractivity contribution is -0.124. The summed E-state index contributed by atoms with van der Waals surface area (Å²) in [6.07, 6.45) is 3.62. The number of aromatic amines is 1. The van der Waals surface area contributed by atoms with Crippen molar-refractivity contribution in [3.8, 4) is 0 Å². The quantitative estimate of drug-likeness (QED) is 0.254. The largest absolute Gasteiger partial charge is 0.395 e. The number of amides is 1. The van der Waals surface area contributed by atoms with Crippen LogP contribution in [-0.4, -0.2) is 45.8 Å². The summed E-state index contributed by atoms with van der Waals surface area (Å²) in [5.41, 5.74) is 5.41. The molecule has 7 heteroatoms. The number of carbonyl (C=O) groups is 1. The van der Waals surface area contributed by atoms with E-state index in [1.54, 1.807) is 17.6 Å². The highest BCUT2D eigenvalue weighted by Crippen LogP contribution is 2.17. The average Bonchev–Trinajstić information content (AvgIpc) is 3.13. The molecule has 0 aliphatic carbocycles. The van der Waals surface area contributed by atoms with E-state index in [1.165, 1.54) is 18.2 Å². The van der Waals surface area contributed by atoms with Gasteiger partial charge in [0, 0.05) is 48.7 Å². The zero-order valence-corrected chi connectivity index (χ0v) is 15.9. The molecule has 3 rings (SSSR count). The van der Waals surface area contributed by atoms with Crippen molar-refractivity contribution in [2.45, 2.75) is 13.0 Å². The van der Waals surface area contributed by atoms with Gasteiger partial charge in [-0.3, -0.25) is 14.9 Å². The van der Waals surface area contributed by atoms with Gasteiger partial charge < -0.3 is 10.1 Å². The van der Waals surface area contributed by atoms with Crippen LogP contribution < -0.4 is 5.48 Å². The maximum Gasteiger partial charge on any atom is 0.267 e. The van der Waals surface area contributed by atoms with Crippen LogP contribution in [0.5, 0.6) is 0 Å². The van der Waals surface area contributed by atoms with E-state index in [2.05, 4.69) is 9.88 Å². The lowest BCUT2D eigenvalue weighted by Gasteiger charge is -2.21. The van der Waals surface area contributed by atoms with Crippen molar-refractivity contribution < 1.29 is 19.5 Å². The minimum absolute atomic E-state index is 0.0645. The smallest absolute Gasteiger partial charge is 0.267 e. The molecule has 0 aliphatic rings. The van der Waals surface area contributed by atoms with E-state index in [4.69, 9.17) is 5.21 Å². The molecule has 0 spiro atoms. The number of hydrogen-bond donors (Lipinski definition) is 4. The number of aromatic nitrogens is 1. The summed E-state index contributed by atoms with van der Waals surface area (Å²) >= 11 is 0. The fourth-order valence-corrected chi connectivity index (χ4v) is 3.19. The first-order chi connectivity index (χ1) is 14.1. The lowest BCUT2D eigenvalue weighted by Crippen LogP contribution is -2.28. The van der Waals surface area contributed by atoms with E-state index in [-0.39, 0.29) is 12.4 Å². The number of hydrogen-bond acceptors (Lipinski definition) is 4. The van der Waals surface area contributed by atoms with Crippen LogP contribution in [0, 0.1) is 5.82 Å². The Hall–Kier alpha value is -3.00. The number of halogens is 1. The summed E-state index contributed by atoms with van der Waals surface area (Å²) in [6, 6.07) is 14.4. The van der Waals surface area contributed by atoms with Crippen molar-refractivity contribution in [1.82, 2.24) is 15.4 Å². The molecule has 0 bridgehead atoms. The van der Waals surface area contributed by atoms with Gasteiger partial charge in [-0.1, -0.05) is 24.3 Å². The molecule has 0 radical (unpaired) electrons. The Kier molecular flexibility index (Phi) is 7.13. The Morgan fingerprint density at radius 1 is 1.14 bits per heavy atom. The molecule has 0 saturated carbocycles. The topological polar surface area (TPSA) is 88.6 Å². The van der Waals surface area contributed by atoms with Crippen molar-refractivity contribution in [3.63, 3.8) is 0 Å². The molecule has 0 saturated heterocycles. The minimum Gasteiger partial charge on any atom is -0.395 e. The molecular formula is C22H24FN3O3. The van der Waals surface area contributed by atoms with Gasteiger partial charge in [-0.2, -0.15) is 0 Å². The van der Waals surface area contributed by atoms with Crippen molar-refractivity contribution in [3.05, 3.63) is 77.2 Å². The number of fused-ring (bicyclic) bond motifs is 1. The molecule has 1 aromatic heterocycles. The third kappa shape index (κ3) is 5.99. The van der Waals surface area contributed by atoms with Gasteiger partial charge in [-0.25, -0.2) is 9.87 Å². The lowest BCUT2D eigenvalue weighted by atomic mass is 10.1. The number of benzene rings is 2. The van der Waals surface area contributed by atoms with Gasteiger partial charge in [0.2, 0.25) is 0 Å². The zero-order chi connectivity index (χ0) is 20.6. The second-order valence-corrected chi connectivity index (χ2v) is 6.83. The number of nitrogens with zero attached hydrogens (tertiary/aromatic N) is 1. The van der Waals surface area contributed by atoms with Gasteiger partial charge in [0.15, 0.2) is 0 Å². The highest BCUT2D eigenvalue weighted by molar-refractivity contribution is 5.90. The number of hydroxylamine groups is 1. The number of aliphatic hydroxyl groups excluding tert-OH is 1. The van der Waals surface area contributed by atoms with Gasteiger partial charge in [-0.05, 0) is 41.5 Å². The van der Waals surface area contributed by atoms with Crippen LogP contribution in [0.1, 0.15) is 16.8 Å². The molecule has 6 nitrogen and oxygen atoms in total. The first kappa shape index (κ1) is 20.7. The van der Waals surface area contributed by atoms with Crippen LogP contribution in [0.3, 0.4) is 0 Å². The second kappa shape index (κ2) is 9.97. The molecule has 0 unspecified atom stereocenters. The van der Waals surface area contributed by atoms with Gasteiger partial charge >= 0.3 is 0 Å². The van der Waals surface area contributed by atoms with Crippen LogP contribution in [0.4, 0.5) is 4.39 Å². The first-order valence-corrected chi connectivity index (χ1v) is 9.39. The maximum absolute atomic E-state index is 13.4. The Labute approximate surface area is 168 Å². The SMILES string of the molecule is O=C(/C=C/c1ccc(CN(CCO)CCc2cc3cc(F)ccc3[nH]2)cc1)NO. The normalized spacial score (nSPS) is 11.6. The summed E-state index contributed by atoms with van der Waals surface area (Å²) in [4.78, 5) is 16.5. The third-order valence-electron chi connectivity index (χ3n) is 4.68. The van der Waals surface area contributed by atoms with Crippen molar-refractivity contribution in [1.29, 1.82) is 0 Å². The molecule has 1 heterocycles. The number of rotatable bonds is 9. The molecular weight excluding hydrogens is 373 g/mol. The number of H-pyrrole nitrogens is 1. The first-order valence-electron chi connectivity index (χ1n) is 9.39. The summed E-state index contributed by atoms with van der Waals surface area (Å²) in [5.74, 6) is -0.830. The van der Waals surface area contributed by atoms with Gasteiger partial charge in [0.1, 0.15) is 5.82 Å². The summed E-state index contributed by atoms with van der Waals surface area (Å²) in [5, 5.41) is 18.7. The van der Waals surface area contributed by atoms with Crippen LogP contribution >= 0.6 is 0 Å². The van der Waals surface area contributed by atoms with E-state index >= 15 is 0 Å². The number of carbonyl (C=O) groups excluding carboxylic acids is 1. The molecule has 152 valence electrons. The number of aliphatic hydroxyl groups is 1. The van der Waals surface area contributed by atoms with Crippen molar-refractivity contribution >= 4 is 22.9 Å². The van der Waals surface area contributed by atoms with E-state index in [0.717, 1.165) is 40.7 Å². The Balaban J connectivity index is 1.60.